The van der Waals surface area contributed by atoms with Crippen molar-refractivity contribution in [3.63, 3.8) is 0 Å². The molecule has 0 aromatic heterocycles. The quantitative estimate of drug-likeness (QED) is 0.0204. The molecule has 518 valence electrons. The van der Waals surface area contributed by atoms with E-state index in [-0.39, 0.29) is 18.9 Å². The third-order valence-electron chi connectivity index (χ3n) is 16.9. The van der Waals surface area contributed by atoms with E-state index in [4.69, 9.17) is 18.9 Å². The standard InChI is InChI=1S/C76H131NO13/c1-3-5-7-9-11-13-15-17-19-21-23-25-27-28-29-30-31-32-33-34-35-36-38-39-41-43-45-47-49-51-53-55-57-59-65(80)64(63-87-75-73(86)71(84)74(67(62-79)89-75)90-76-72(85)70(83)69(82)66(61-78)88-76)77-68(81)60-58-56-54-52-50-48-46-44-42-40-37-26-24-22-20-18-16-14-12-10-8-6-4-2/h6,8,12,14,18,20,24,26,40-43,46,48-49,51,57,59,64-67,69-76,78-80,82-86H,3-5,7,9-11,13,15-17,19,21-23,25,27-39,44-45,47,50,52-56,58,60-63H2,1-2H3,(H,77,81)/b8-6-,14-12-,20-18-,26-24-,42-40-,43-41+,48-46-,51-49+,59-57+. The zero-order valence-corrected chi connectivity index (χ0v) is 56.3. The van der Waals surface area contributed by atoms with Gasteiger partial charge >= 0.3 is 0 Å². The van der Waals surface area contributed by atoms with Gasteiger partial charge in [0, 0.05) is 6.42 Å². The van der Waals surface area contributed by atoms with Crippen molar-refractivity contribution in [2.24, 2.45) is 0 Å². The topological polar surface area (TPSA) is 228 Å². The molecule has 2 fully saturated rings. The van der Waals surface area contributed by atoms with Crippen molar-refractivity contribution in [2.75, 3.05) is 19.8 Å². The number of carbonyl (C=O) groups excluding carboxylic acids is 1. The Bertz CT molecular complexity index is 1930. The van der Waals surface area contributed by atoms with Crippen LogP contribution in [0.3, 0.4) is 0 Å². The van der Waals surface area contributed by atoms with E-state index in [2.05, 4.69) is 116 Å². The van der Waals surface area contributed by atoms with Crippen LogP contribution in [0, 0.1) is 0 Å². The largest absolute Gasteiger partial charge is 0.394 e. The molecule has 0 bridgehead atoms. The Balaban J connectivity index is 1.70. The minimum atomic E-state index is -1.80. The number of aliphatic hydroxyl groups excluding tert-OH is 8. The summed E-state index contributed by atoms with van der Waals surface area (Å²) in [4.78, 5) is 13.3. The Morgan fingerprint density at radius 2 is 0.778 bits per heavy atom. The normalized spacial score (nSPS) is 23.6. The maximum absolute atomic E-state index is 13.3. The van der Waals surface area contributed by atoms with Crippen LogP contribution >= 0.6 is 0 Å². The van der Waals surface area contributed by atoms with E-state index in [0.717, 1.165) is 89.9 Å². The number of hydrogen-bond donors (Lipinski definition) is 9. The van der Waals surface area contributed by atoms with Crippen molar-refractivity contribution in [1.29, 1.82) is 0 Å². The SMILES string of the molecule is CC/C=C\C/C=C\C/C=C\C/C=C\C/C=C\C/C=C\CCCCCCC(=O)NC(COC1OC(CO)C(OC2OC(CO)C(O)C(O)C2O)C(O)C1O)C(O)/C=C/CC/C=C/CC/C=C/CCCCCCCCCCCCCCCCCCCCCCCCC. The van der Waals surface area contributed by atoms with E-state index >= 15 is 0 Å². The van der Waals surface area contributed by atoms with Crippen molar-refractivity contribution < 1.29 is 64.6 Å². The van der Waals surface area contributed by atoms with Gasteiger partial charge in [0.1, 0.15) is 48.8 Å². The molecule has 0 spiro atoms. The third-order valence-corrected chi connectivity index (χ3v) is 16.9. The molecule has 9 N–H and O–H groups in total. The molecule has 0 radical (unpaired) electrons. The molecular weight excluding hydrogens is 1130 g/mol. The number of aliphatic hydroxyl groups is 8. The van der Waals surface area contributed by atoms with Gasteiger partial charge in [-0.15, -0.1) is 0 Å². The molecule has 90 heavy (non-hydrogen) atoms. The van der Waals surface area contributed by atoms with Gasteiger partial charge in [-0.25, -0.2) is 0 Å². The second-order valence-electron chi connectivity index (χ2n) is 25.0. The Morgan fingerprint density at radius 3 is 1.22 bits per heavy atom. The van der Waals surface area contributed by atoms with Gasteiger partial charge in [0.05, 0.1) is 32.0 Å². The molecule has 12 atom stereocenters. The maximum atomic E-state index is 13.3. The molecule has 1 amide bonds. The summed E-state index contributed by atoms with van der Waals surface area (Å²) in [5.74, 6) is -0.280. The predicted molar refractivity (Wildman–Crippen MR) is 369 cm³/mol. The highest BCUT2D eigenvalue weighted by Crippen LogP contribution is 2.30. The van der Waals surface area contributed by atoms with Gasteiger partial charge in [0.25, 0.3) is 0 Å². The zero-order chi connectivity index (χ0) is 65.2. The molecule has 0 aromatic carbocycles. The number of rotatable bonds is 58. The lowest BCUT2D eigenvalue weighted by atomic mass is 9.97. The van der Waals surface area contributed by atoms with Gasteiger partial charge in [0.15, 0.2) is 12.6 Å². The fourth-order valence-electron chi connectivity index (χ4n) is 11.2. The second kappa shape index (κ2) is 59.4. The summed E-state index contributed by atoms with van der Waals surface area (Å²) in [5, 5.41) is 87.4. The first-order valence-corrected chi connectivity index (χ1v) is 36.1. The summed E-state index contributed by atoms with van der Waals surface area (Å²) in [6, 6.07) is -0.962. The maximum Gasteiger partial charge on any atom is 0.220 e. The number of ether oxygens (including phenoxy) is 4. The molecule has 0 saturated carbocycles. The van der Waals surface area contributed by atoms with Crippen LogP contribution in [0.15, 0.2) is 109 Å². The molecule has 2 aliphatic rings. The summed E-state index contributed by atoms with van der Waals surface area (Å²) in [6.45, 7) is 2.66. The molecule has 14 nitrogen and oxygen atoms in total. The van der Waals surface area contributed by atoms with Crippen LogP contribution in [0.1, 0.15) is 271 Å². The van der Waals surface area contributed by atoms with Crippen LogP contribution in [0.2, 0.25) is 0 Å². The van der Waals surface area contributed by atoms with Crippen molar-refractivity contribution in [3.8, 4) is 0 Å². The highest BCUT2D eigenvalue weighted by atomic mass is 16.7. The lowest BCUT2D eigenvalue weighted by Crippen LogP contribution is -2.65. The molecular formula is C76H131NO13. The lowest BCUT2D eigenvalue weighted by molar-refractivity contribution is -0.359. The minimum absolute atomic E-state index is 0.233. The Morgan fingerprint density at radius 1 is 0.411 bits per heavy atom. The zero-order valence-electron chi connectivity index (χ0n) is 56.3. The highest BCUT2D eigenvalue weighted by Gasteiger charge is 2.51. The van der Waals surface area contributed by atoms with Crippen LogP contribution in [0.5, 0.6) is 0 Å². The average molecular weight is 1270 g/mol. The number of hydrogen-bond acceptors (Lipinski definition) is 13. The fraction of sp³-hybridized carbons (Fsp3) is 0.750. The van der Waals surface area contributed by atoms with Crippen LogP contribution in [0.4, 0.5) is 0 Å². The van der Waals surface area contributed by atoms with Gasteiger partial charge in [-0.2, -0.15) is 0 Å². The highest BCUT2D eigenvalue weighted by molar-refractivity contribution is 5.76. The smallest absolute Gasteiger partial charge is 0.220 e. The predicted octanol–water partition coefficient (Wildman–Crippen LogP) is 15.1. The Hall–Kier alpha value is -3.35. The van der Waals surface area contributed by atoms with Gasteiger partial charge in [-0.3, -0.25) is 4.79 Å². The van der Waals surface area contributed by atoms with Crippen molar-refractivity contribution in [2.45, 2.75) is 344 Å². The summed E-state index contributed by atoms with van der Waals surface area (Å²) in [6.07, 6.45) is 68.7. The molecule has 2 rings (SSSR count). The van der Waals surface area contributed by atoms with E-state index in [0.29, 0.717) is 12.8 Å². The summed E-state index contributed by atoms with van der Waals surface area (Å²) in [7, 11) is 0. The van der Waals surface area contributed by atoms with Gasteiger partial charge in [-0.1, -0.05) is 277 Å². The lowest BCUT2D eigenvalue weighted by Gasteiger charge is -2.46. The molecule has 14 heteroatoms. The van der Waals surface area contributed by atoms with E-state index in [1.165, 1.54) is 148 Å². The first-order valence-electron chi connectivity index (χ1n) is 36.1. The molecule has 2 saturated heterocycles. The number of unbranched alkanes of at least 4 members (excludes halogenated alkanes) is 29. The second-order valence-corrected chi connectivity index (χ2v) is 25.0. The first-order chi connectivity index (χ1) is 44.1. The van der Waals surface area contributed by atoms with Crippen molar-refractivity contribution in [3.05, 3.63) is 109 Å². The van der Waals surface area contributed by atoms with Gasteiger partial charge < -0.3 is 65.1 Å². The fourth-order valence-corrected chi connectivity index (χ4v) is 11.2. The third kappa shape index (κ3) is 42.8. The van der Waals surface area contributed by atoms with Crippen LogP contribution in [-0.4, -0.2) is 140 Å². The van der Waals surface area contributed by atoms with Crippen molar-refractivity contribution in [1.82, 2.24) is 5.32 Å². The molecule has 12 unspecified atom stereocenters. The minimum Gasteiger partial charge on any atom is -0.394 e. The van der Waals surface area contributed by atoms with E-state index in [1.807, 2.05) is 6.08 Å². The summed E-state index contributed by atoms with van der Waals surface area (Å²) < 4.78 is 22.8. The van der Waals surface area contributed by atoms with E-state index < -0.39 is 86.8 Å². The Kier molecular flexibility index (Phi) is 54.6. The monoisotopic (exact) mass is 1270 g/mol. The number of nitrogens with one attached hydrogen (secondary N) is 1. The summed E-state index contributed by atoms with van der Waals surface area (Å²) in [5.41, 5.74) is 0. The van der Waals surface area contributed by atoms with Crippen LogP contribution < -0.4 is 5.32 Å². The van der Waals surface area contributed by atoms with Crippen LogP contribution in [-0.2, 0) is 23.7 Å². The number of carbonyl (C=O) groups is 1. The molecule has 2 aliphatic heterocycles. The Labute approximate surface area is 546 Å². The summed E-state index contributed by atoms with van der Waals surface area (Å²) >= 11 is 0. The van der Waals surface area contributed by atoms with Crippen LogP contribution in [0.25, 0.3) is 0 Å². The van der Waals surface area contributed by atoms with Gasteiger partial charge in [-0.05, 0) is 96.3 Å². The molecule has 0 aliphatic carbocycles. The number of amides is 1. The van der Waals surface area contributed by atoms with E-state index in [9.17, 15) is 45.6 Å². The van der Waals surface area contributed by atoms with E-state index in [1.54, 1.807) is 6.08 Å². The first kappa shape index (κ1) is 82.7. The molecule has 0 aromatic rings. The average Bonchev–Trinajstić information content (AvgIpc) is 1.28. The molecule has 2 heterocycles. The van der Waals surface area contributed by atoms with Crippen molar-refractivity contribution >= 4 is 5.91 Å². The van der Waals surface area contributed by atoms with Gasteiger partial charge in [0.2, 0.25) is 5.91 Å². The number of allylic oxidation sites excluding steroid dienone is 17.